The highest BCUT2D eigenvalue weighted by Crippen LogP contribution is 2.12. The molecule has 0 aliphatic heterocycles. The van der Waals surface area contributed by atoms with E-state index in [-0.39, 0.29) is 168 Å². The minimum absolute atomic E-state index is 0.0458. The second-order valence-electron chi connectivity index (χ2n) is 17.2. The van der Waals surface area contributed by atoms with Crippen molar-refractivity contribution < 1.29 is 101 Å². The molecule has 76 heavy (non-hydrogen) atoms. The third-order valence-electron chi connectivity index (χ3n) is 10.4. The van der Waals surface area contributed by atoms with E-state index in [1.807, 2.05) is 0 Å². The Morgan fingerprint density at radius 2 is 0.618 bits per heavy atom. The van der Waals surface area contributed by atoms with Crippen molar-refractivity contribution in [1.29, 1.82) is 0 Å². The quantitative estimate of drug-likeness (QED) is 0.0351. The fourth-order valence-electron chi connectivity index (χ4n) is 6.46. The van der Waals surface area contributed by atoms with Crippen molar-refractivity contribution in [1.82, 2.24) is 31.9 Å². The highest BCUT2D eigenvalue weighted by molar-refractivity contribution is 5.86. The third kappa shape index (κ3) is 49.5. The van der Waals surface area contributed by atoms with Crippen LogP contribution in [0, 0.1) is 0 Å². The van der Waals surface area contributed by atoms with Crippen LogP contribution in [0.5, 0.6) is 0 Å². The fraction of sp³-hybridized carbons (Fsp3) is 0.796. The molecule has 0 bridgehead atoms. The van der Waals surface area contributed by atoms with Crippen LogP contribution in [0.2, 0.25) is 0 Å². The van der Waals surface area contributed by atoms with Gasteiger partial charge in [0.1, 0.15) is 38.5 Å². The first kappa shape index (κ1) is 70.6. The summed E-state index contributed by atoms with van der Waals surface area (Å²) in [5.74, 6) is -6.25. The van der Waals surface area contributed by atoms with Gasteiger partial charge in [-0.2, -0.15) is 0 Å². The van der Waals surface area contributed by atoms with Crippen LogP contribution in [0.15, 0.2) is 0 Å². The van der Waals surface area contributed by atoms with Crippen LogP contribution in [0.1, 0.15) is 110 Å². The molecule has 0 saturated carbocycles. The summed E-state index contributed by atoms with van der Waals surface area (Å²) in [4.78, 5) is 118. The number of ether oxygens (including phenoxy) is 8. The second-order valence-corrected chi connectivity index (χ2v) is 17.2. The Morgan fingerprint density at radius 1 is 0.329 bits per heavy atom. The van der Waals surface area contributed by atoms with Gasteiger partial charge in [-0.15, -0.1) is 0 Å². The number of nitrogens with one attached hydrogen (secondary N) is 6. The highest BCUT2D eigenvalue weighted by atomic mass is 16.5. The molecule has 0 spiro atoms. The predicted molar refractivity (Wildman–Crippen MR) is 270 cm³/mol. The summed E-state index contributed by atoms with van der Waals surface area (Å²) in [6, 6.07) is -2.74. The number of carbonyl (C=O) groups is 10. The van der Waals surface area contributed by atoms with Crippen molar-refractivity contribution in [2.24, 2.45) is 0 Å². The van der Waals surface area contributed by atoms with Gasteiger partial charge >= 0.3 is 17.9 Å². The molecule has 0 aliphatic rings. The number of unbranched alkanes of at least 4 members (excludes halogenated alkanes) is 9. The second kappa shape index (κ2) is 50.4. The number of hydrogen-bond acceptors (Lipinski definition) is 18. The zero-order valence-corrected chi connectivity index (χ0v) is 44.3. The molecule has 0 rings (SSSR count). The molecule has 0 aromatic rings. The molecule has 27 heteroatoms. The van der Waals surface area contributed by atoms with Gasteiger partial charge in [-0.05, 0) is 32.6 Å². The normalized spacial score (nSPS) is 11.8. The molecule has 2 atom stereocenters. The monoisotopic (exact) mass is 1090 g/mol. The maximum absolute atomic E-state index is 12.5. The average molecular weight is 1100 g/mol. The number of carboxylic acid groups (broad SMARTS) is 3. The lowest BCUT2D eigenvalue weighted by Gasteiger charge is -2.17. The molecule has 0 aromatic heterocycles. The lowest BCUT2D eigenvalue weighted by Crippen LogP contribution is -2.44. The number of carboxylic acids is 3. The Labute approximate surface area is 444 Å². The summed E-state index contributed by atoms with van der Waals surface area (Å²) in [7, 11) is 0. The molecule has 0 saturated heterocycles. The van der Waals surface area contributed by atoms with Gasteiger partial charge in [0.2, 0.25) is 35.4 Å². The van der Waals surface area contributed by atoms with E-state index >= 15 is 0 Å². The van der Waals surface area contributed by atoms with E-state index in [0.29, 0.717) is 39.2 Å². The lowest BCUT2D eigenvalue weighted by molar-refractivity contribution is -0.143. The molecule has 9 N–H and O–H groups in total. The van der Waals surface area contributed by atoms with E-state index in [9.17, 15) is 58.2 Å². The van der Waals surface area contributed by atoms with Gasteiger partial charge < -0.3 is 85.1 Å². The largest absolute Gasteiger partial charge is 0.481 e. The third-order valence-corrected chi connectivity index (χ3v) is 10.4. The molecule has 438 valence electrons. The first-order valence-corrected chi connectivity index (χ1v) is 26.0. The van der Waals surface area contributed by atoms with Crippen LogP contribution in [-0.2, 0) is 85.8 Å². The first-order chi connectivity index (χ1) is 36.6. The van der Waals surface area contributed by atoms with Gasteiger partial charge in [0.05, 0.1) is 79.3 Å². The maximum Gasteiger partial charge on any atom is 0.326 e. The molecular weight excluding hydrogens is 1010 g/mol. The number of Topliss-reactive ketones (excluding diaryl/α,β-unsaturated/α-hetero) is 1. The Balaban J connectivity index is 3.81. The maximum atomic E-state index is 12.5. The summed E-state index contributed by atoms with van der Waals surface area (Å²) in [6.07, 6.45) is 8.36. The van der Waals surface area contributed by atoms with E-state index in [2.05, 4.69) is 31.9 Å². The van der Waals surface area contributed by atoms with Crippen LogP contribution in [0.4, 0.5) is 0 Å². The molecule has 0 aromatic carbocycles. The summed E-state index contributed by atoms with van der Waals surface area (Å²) < 4.78 is 42.2. The van der Waals surface area contributed by atoms with Crippen molar-refractivity contribution >= 4 is 59.1 Å². The van der Waals surface area contributed by atoms with Crippen LogP contribution in [0.3, 0.4) is 0 Å². The number of amides is 6. The van der Waals surface area contributed by atoms with Crippen LogP contribution >= 0.6 is 0 Å². The average Bonchev–Trinajstić information content (AvgIpc) is 3.37. The van der Waals surface area contributed by atoms with E-state index in [1.165, 1.54) is 6.92 Å². The minimum Gasteiger partial charge on any atom is -0.481 e. The summed E-state index contributed by atoms with van der Waals surface area (Å²) in [6.45, 7) is 4.27. The highest BCUT2D eigenvalue weighted by Gasteiger charge is 2.24. The smallest absolute Gasteiger partial charge is 0.326 e. The van der Waals surface area contributed by atoms with Crippen molar-refractivity contribution in [2.75, 3.05) is 132 Å². The number of ketones is 1. The summed E-state index contributed by atoms with van der Waals surface area (Å²) in [5.41, 5.74) is 0. The number of carbonyl (C=O) groups excluding carboxylic acids is 7. The number of rotatable bonds is 55. The van der Waals surface area contributed by atoms with Gasteiger partial charge in [-0.3, -0.25) is 38.4 Å². The zero-order valence-electron chi connectivity index (χ0n) is 44.3. The van der Waals surface area contributed by atoms with Gasteiger partial charge in [-0.1, -0.05) is 51.4 Å². The van der Waals surface area contributed by atoms with Gasteiger partial charge in [-0.25, -0.2) is 9.59 Å². The van der Waals surface area contributed by atoms with Crippen molar-refractivity contribution in [2.45, 2.75) is 122 Å². The summed E-state index contributed by atoms with van der Waals surface area (Å²) >= 11 is 0. The summed E-state index contributed by atoms with van der Waals surface area (Å²) in [5, 5.41) is 43.0. The SMILES string of the molecule is CC(=O)COCCOCCNC(=O)COCCOCCNC(=O)COCCOCCNC(=O)COCCOCCNC(=O)CC[C@H](NC(=O)CC[C@H](NC(=O)CCCCCCCCCCCCC(=O)O)C(=O)O)C(=O)O. The van der Waals surface area contributed by atoms with E-state index in [1.54, 1.807) is 0 Å². The van der Waals surface area contributed by atoms with Crippen molar-refractivity contribution in [3.05, 3.63) is 0 Å². The molecule has 0 radical (unpaired) electrons. The Hall–Kier alpha value is -5.42. The molecular formula is C49H86N6O21. The number of hydrogen-bond donors (Lipinski definition) is 9. The van der Waals surface area contributed by atoms with Crippen molar-refractivity contribution in [3.8, 4) is 0 Å². The molecule has 0 fully saturated rings. The Morgan fingerprint density at radius 3 is 0.961 bits per heavy atom. The van der Waals surface area contributed by atoms with Gasteiger partial charge in [0.25, 0.3) is 0 Å². The molecule has 0 aliphatic carbocycles. The zero-order chi connectivity index (χ0) is 56.3. The van der Waals surface area contributed by atoms with Crippen molar-refractivity contribution in [3.63, 3.8) is 0 Å². The molecule has 27 nitrogen and oxygen atoms in total. The fourth-order valence-corrected chi connectivity index (χ4v) is 6.46. The molecule has 0 heterocycles. The van der Waals surface area contributed by atoms with E-state index in [4.69, 9.17) is 43.0 Å². The van der Waals surface area contributed by atoms with E-state index in [0.717, 1.165) is 51.4 Å². The Kier molecular flexibility index (Phi) is 46.8. The molecule has 6 amide bonds. The standard InChI is InChI=1S/C49H86N6O21/c1-38(56)34-73-30-26-70-23-19-51-44(60)36-75-32-28-72-25-21-53-46(62)37-76-33-29-71-24-20-52-45(61)35-74-31-27-69-22-18-50-41(57)16-14-39(48(65)66)55-43(59)17-15-40(49(67)68)54-42(58)12-10-8-6-4-2-3-5-7-9-11-13-47(63)64/h39-40H,2-37H2,1H3,(H,50,57)(H,51,60)(H,52,61)(H,53,62)(H,54,58)(H,55,59)(H,63,64)(H,65,66)(H,67,68)/t39-,40-/m0/s1. The number of aliphatic carboxylic acids is 3. The van der Waals surface area contributed by atoms with Crippen LogP contribution < -0.4 is 31.9 Å². The molecule has 0 unspecified atom stereocenters. The van der Waals surface area contributed by atoms with Crippen LogP contribution in [-0.4, -0.2) is 218 Å². The van der Waals surface area contributed by atoms with E-state index < -0.39 is 47.7 Å². The predicted octanol–water partition coefficient (Wildman–Crippen LogP) is -0.362. The van der Waals surface area contributed by atoms with Gasteiger partial charge in [0.15, 0.2) is 5.78 Å². The minimum atomic E-state index is -1.41. The van der Waals surface area contributed by atoms with Gasteiger partial charge in [0, 0.05) is 51.9 Å². The lowest BCUT2D eigenvalue weighted by atomic mass is 10.0. The Bertz CT molecular complexity index is 1640. The van der Waals surface area contributed by atoms with Crippen LogP contribution in [0.25, 0.3) is 0 Å². The topological polar surface area (TPSA) is 377 Å². The first-order valence-electron chi connectivity index (χ1n) is 26.0.